The van der Waals surface area contributed by atoms with Crippen molar-refractivity contribution in [2.24, 2.45) is 0 Å². The summed E-state index contributed by atoms with van der Waals surface area (Å²) in [5.41, 5.74) is 3.27. The first kappa shape index (κ1) is 27.8. The van der Waals surface area contributed by atoms with Crippen LogP contribution in [0.4, 0.5) is 15.0 Å². The predicted molar refractivity (Wildman–Crippen MR) is 150 cm³/mol. The molecule has 6 nitrogen and oxygen atoms in total. The second-order valence-electron chi connectivity index (χ2n) is 11.7. The Morgan fingerprint density at radius 3 is 2.37 bits per heavy atom. The maximum atomic E-state index is 13.8. The number of pyridine rings is 1. The lowest BCUT2D eigenvalue weighted by atomic mass is 9.73. The largest absolute Gasteiger partial charge is 0.444 e. The Hall–Kier alpha value is -3.19. The van der Waals surface area contributed by atoms with E-state index < -0.39 is 5.60 Å². The molecule has 38 heavy (non-hydrogen) atoms. The molecule has 0 spiro atoms. The van der Waals surface area contributed by atoms with E-state index >= 15 is 0 Å². The molecule has 204 valence electrons. The number of anilines is 1. The zero-order chi connectivity index (χ0) is 27.7. The van der Waals surface area contributed by atoms with E-state index in [2.05, 4.69) is 32.0 Å². The topological polar surface area (TPSA) is 54.9 Å². The zero-order valence-electron chi connectivity index (χ0n) is 23.7. The Morgan fingerprint density at radius 1 is 1.11 bits per heavy atom. The summed E-state index contributed by atoms with van der Waals surface area (Å²) in [5, 5.41) is 1.08. The number of piperidine rings is 1. The van der Waals surface area contributed by atoms with Gasteiger partial charge < -0.3 is 19.3 Å². The van der Waals surface area contributed by atoms with Gasteiger partial charge in [0.25, 0.3) is 0 Å². The van der Waals surface area contributed by atoms with Crippen LogP contribution in [0.25, 0.3) is 10.9 Å². The van der Waals surface area contributed by atoms with Crippen LogP contribution in [-0.4, -0.2) is 55.4 Å². The van der Waals surface area contributed by atoms with Crippen LogP contribution in [0.2, 0.25) is 0 Å². The summed E-state index contributed by atoms with van der Waals surface area (Å²) >= 11 is 0. The van der Waals surface area contributed by atoms with E-state index in [0.717, 1.165) is 33.4 Å². The van der Waals surface area contributed by atoms with Gasteiger partial charge >= 0.3 is 6.09 Å². The smallest absolute Gasteiger partial charge is 0.410 e. The first-order valence-electron chi connectivity index (χ1n) is 13.3. The van der Waals surface area contributed by atoms with E-state index in [1.165, 1.54) is 12.1 Å². The third-order valence-electron chi connectivity index (χ3n) is 7.29. The highest BCUT2D eigenvalue weighted by atomic mass is 19.1. The van der Waals surface area contributed by atoms with Gasteiger partial charge in [-0.1, -0.05) is 23.8 Å². The molecule has 1 unspecified atom stereocenters. The summed E-state index contributed by atoms with van der Waals surface area (Å²) in [6.07, 6.45) is 0.890. The monoisotopic (exact) mass is 521 g/mol. The van der Waals surface area contributed by atoms with E-state index in [4.69, 9.17) is 14.5 Å². The molecule has 0 radical (unpaired) electrons. The van der Waals surface area contributed by atoms with Gasteiger partial charge in [-0.25, -0.2) is 14.2 Å². The minimum absolute atomic E-state index is 0.205. The molecule has 1 amide bonds. The summed E-state index contributed by atoms with van der Waals surface area (Å²) < 4.78 is 26.0. The van der Waals surface area contributed by atoms with Crippen LogP contribution in [0, 0.1) is 12.7 Å². The van der Waals surface area contributed by atoms with Crippen molar-refractivity contribution < 1.29 is 18.7 Å². The normalized spacial score (nSPS) is 16.4. The van der Waals surface area contributed by atoms with Gasteiger partial charge in [-0.2, -0.15) is 0 Å². The molecule has 0 N–H and O–H groups in total. The number of hydrogen-bond acceptors (Lipinski definition) is 5. The van der Waals surface area contributed by atoms with Crippen molar-refractivity contribution in [2.75, 3.05) is 38.7 Å². The van der Waals surface area contributed by atoms with E-state index in [9.17, 15) is 9.18 Å². The van der Waals surface area contributed by atoms with Crippen LogP contribution in [0.15, 0.2) is 48.5 Å². The van der Waals surface area contributed by atoms with Gasteiger partial charge in [-0.3, -0.25) is 0 Å². The highest BCUT2D eigenvalue weighted by molar-refractivity contribution is 5.84. The van der Waals surface area contributed by atoms with Crippen molar-refractivity contribution >= 4 is 22.8 Å². The fourth-order valence-corrected chi connectivity index (χ4v) is 5.10. The zero-order valence-corrected chi connectivity index (χ0v) is 23.7. The van der Waals surface area contributed by atoms with Gasteiger partial charge in [0, 0.05) is 43.5 Å². The van der Waals surface area contributed by atoms with Gasteiger partial charge in [0.05, 0.1) is 18.2 Å². The molecule has 2 heterocycles. The molecule has 1 fully saturated rings. The van der Waals surface area contributed by atoms with Gasteiger partial charge in [0.15, 0.2) is 0 Å². The molecule has 0 saturated carbocycles. The number of hydrogen-bond donors (Lipinski definition) is 0. The second kappa shape index (κ2) is 10.9. The maximum absolute atomic E-state index is 13.8. The molecule has 4 rings (SSSR count). The Labute approximate surface area is 225 Å². The van der Waals surface area contributed by atoms with Gasteiger partial charge in [-0.05, 0) is 83.4 Å². The number of nitrogens with zero attached hydrogens (tertiary/aromatic N) is 3. The number of rotatable bonds is 6. The number of fused-ring (bicyclic) bond motifs is 1. The van der Waals surface area contributed by atoms with Gasteiger partial charge in [0.2, 0.25) is 0 Å². The lowest BCUT2D eigenvalue weighted by Gasteiger charge is -2.42. The number of aryl methyl sites for hydroxylation is 1. The summed E-state index contributed by atoms with van der Waals surface area (Å²) in [4.78, 5) is 21.4. The average molecular weight is 522 g/mol. The predicted octanol–water partition coefficient (Wildman–Crippen LogP) is 6.79. The van der Waals surface area contributed by atoms with E-state index in [1.54, 1.807) is 4.90 Å². The molecule has 1 aromatic heterocycles. The van der Waals surface area contributed by atoms with Gasteiger partial charge in [0.1, 0.15) is 17.2 Å². The molecular weight excluding hydrogens is 481 g/mol. The summed E-state index contributed by atoms with van der Waals surface area (Å²) in [7, 11) is 3.97. The molecule has 1 aliphatic heterocycles. The second-order valence-corrected chi connectivity index (χ2v) is 11.7. The summed E-state index contributed by atoms with van der Waals surface area (Å²) in [5.74, 6) is 0.630. The van der Waals surface area contributed by atoms with Crippen LogP contribution in [-0.2, 0) is 14.9 Å². The minimum Gasteiger partial charge on any atom is -0.444 e. The molecular formula is C31H40FN3O3. The average Bonchev–Trinajstić information content (AvgIpc) is 2.86. The van der Waals surface area contributed by atoms with Crippen molar-refractivity contribution in [1.82, 2.24) is 9.88 Å². The number of ether oxygens (including phenoxy) is 2. The van der Waals surface area contributed by atoms with Crippen LogP contribution in [0.3, 0.4) is 0 Å². The number of carbonyl (C=O) groups excluding carboxylic acids is 1. The van der Waals surface area contributed by atoms with Crippen LogP contribution >= 0.6 is 0 Å². The fourth-order valence-electron chi connectivity index (χ4n) is 5.10. The van der Waals surface area contributed by atoms with Crippen LogP contribution in [0.5, 0.6) is 0 Å². The first-order valence-corrected chi connectivity index (χ1v) is 13.3. The Bertz CT molecular complexity index is 1280. The Balaban J connectivity index is 1.58. The molecule has 1 saturated heterocycles. The van der Waals surface area contributed by atoms with Crippen molar-refractivity contribution in [3.05, 3.63) is 71.0 Å². The van der Waals surface area contributed by atoms with Crippen LogP contribution < -0.4 is 4.90 Å². The number of likely N-dealkylation sites (tertiary alicyclic amines) is 1. The minimum atomic E-state index is -0.543. The lowest BCUT2D eigenvalue weighted by Crippen LogP contribution is -2.48. The van der Waals surface area contributed by atoms with Crippen molar-refractivity contribution in [2.45, 2.75) is 64.6 Å². The van der Waals surface area contributed by atoms with Crippen molar-refractivity contribution in [3.8, 4) is 0 Å². The van der Waals surface area contributed by atoms with Gasteiger partial charge in [-0.15, -0.1) is 0 Å². The highest BCUT2D eigenvalue weighted by Gasteiger charge is 2.39. The summed E-state index contributed by atoms with van der Waals surface area (Å²) in [6, 6.07) is 15.1. The molecule has 2 aromatic carbocycles. The highest BCUT2D eigenvalue weighted by Crippen LogP contribution is 2.38. The van der Waals surface area contributed by atoms with E-state index in [0.29, 0.717) is 32.5 Å². The number of carbonyl (C=O) groups is 1. The number of aromatic nitrogens is 1. The molecule has 0 aliphatic carbocycles. The number of benzene rings is 2. The Morgan fingerprint density at radius 2 is 1.76 bits per heavy atom. The number of amides is 1. The SMILES string of the molecule is Cc1cc(C(C)OCC2(c3ccc(F)cc3)CCN(C(=O)OC(C)(C)C)CC2)c2nc(N(C)C)ccc2c1. The first-order chi connectivity index (χ1) is 17.9. The van der Waals surface area contributed by atoms with Crippen molar-refractivity contribution in [3.63, 3.8) is 0 Å². The molecule has 0 bridgehead atoms. The molecule has 1 atom stereocenters. The lowest BCUT2D eigenvalue weighted by molar-refractivity contribution is -0.00934. The van der Waals surface area contributed by atoms with E-state index in [1.807, 2.05) is 58.0 Å². The standard InChI is InChI=1S/C31H40FN3O3/c1-21-18-23-8-13-27(34(6)7)33-28(23)26(19-21)22(2)37-20-31(24-9-11-25(32)12-10-24)14-16-35(17-15-31)29(36)38-30(3,4)5/h8-13,18-19,22H,14-17,20H2,1-7H3. The fraction of sp³-hybridized carbons (Fsp3) is 0.484. The molecule has 1 aliphatic rings. The maximum Gasteiger partial charge on any atom is 0.410 e. The molecule has 7 heteroatoms. The van der Waals surface area contributed by atoms with Crippen molar-refractivity contribution in [1.29, 1.82) is 0 Å². The quantitative estimate of drug-likeness (QED) is 0.357. The number of halogens is 1. The molecule has 3 aromatic rings. The van der Waals surface area contributed by atoms with E-state index in [-0.39, 0.29) is 23.4 Å². The Kier molecular flexibility index (Phi) is 7.98. The van der Waals surface area contributed by atoms with Crippen LogP contribution in [0.1, 0.15) is 63.3 Å². The third-order valence-corrected chi connectivity index (χ3v) is 7.29. The third kappa shape index (κ3) is 6.26. The summed E-state index contributed by atoms with van der Waals surface area (Å²) in [6.45, 7) is 11.3.